The number of amides is 1. The second-order valence-corrected chi connectivity index (χ2v) is 7.83. The molecule has 4 aromatic rings. The van der Waals surface area contributed by atoms with E-state index in [2.05, 4.69) is 10.4 Å². The maximum Gasteiger partial charge on any atom is 0.416 e. The first-order valence-corrected chi connectivity index (χ1v) is 9.73. The Kier molecular flexibility index (Phi) is 5.04. The third-order valence-corrected chi connectivity index (χ3v) is 5.73. The van der Waals surface area contributed by atoms with Crippen LogP contribution in [-0.2, 0) is 13.2 Å². The third-order valence-electron chi connectivity index (χ3n) is 4.61. The number of benzene rings is 1. The molecule has 0 saturated carbocycles. The fraction of sp³-hybridized carbons (Fsp3) is 0.263. The number of nitrogens with zero attached hydrogens (tertiary/aromatic N) is 3. The summed E-state index contributed by atoms with van der Waals surface area (Å²) in [5, 5.41) is 26.8. The Bertz CT molecular complexity index is 1220. The molecule has 7 nitrogen and oxygen atoms in total. The molecule has 1 unspecified atom stereocenters. The topological polar surface area (TPSA) is 92.3 Å². The largest absolute Gasteiger partial charge is 0.416 e. The summed E-state index contributed by atoms with van der Waals surface area (Å²) in [5.74, 6) is -0.417. The summed E-state index contributed by atoms with van der Waals surface area (Å²) in [7, 11) is 1.74. The van der Waals surface area contributed by atoms with Crippen molar-refractivity contribution in [3.8, 4) is 5.69 Å². The molecule has 11 heteroatoms. The maximum absolute atomic E-state index is 12.9. The molecule has 0 spiro atoms. The van der Waals surface area contributed by atoms with Crippen molar-refractivity contribution in [1.29, 1.82) is 0 Å². The van der Waals surface area contributed by atoms with Crippen molar-refractivity contribution in [3.63, 3.8) is 0 Å². The van der Waals surface area contributed by atoms with Gasteiger partial charge in [0.1, 0.15) is 4.83 Å². The van der Waals surface area contributed by atoms with Crippen LogP contribution in [-0.4, -0.2) is 49.7 Å². The molecule has 4 rings (SSSR count). The summed E-state index contributed by atoms with van der Waals surface area (Å²) < 4.78 is 42.1. The fourth-order valence-corrected chi connectivity index (χ4v) is 4.29. The van der Waals surface area contributed by atoms with Crippen molar-refractivity contribution in [2.24, 2.45) is 7.05 Å². The van der Waals surface area contributed by atoms with Crippen LogP contribution >= 0.6 is 11.3 Å². The van der Waals surface area contributed by atoms with E-state index in [1.807, 2.05) is 0 Å². The zero-order valence-electron chi connectivity index (χ0n) is 15.6. The highest BCUT2D eigenvalue weighted by Gasteiger charge is 2.30. The van der Waals surface area contributed by atoms with Crippen LogP contribution in [0.1, 0.15) is 15.2 Å². The first-order chi connectivity index (χ1) is 14.2. The van der Waals surface area contributed by atoms with Crippen LogP contribution in [0, 0.1) is 0 Å². The molecular weight excluding hydrogens is 421 g/mol. The summed E-state index contributed by atoms with van der Waals surface area (Å²) in [5.41, 5.74) is 0.313. The number of fused-ring (bicyclic) bond motifs is 3. The van der Waals surface area contributed by atoms with Crippen molar-refractivity contribution in [3.05, 3.63) is 47.0 Å². The molecule has 0 saturated heterocycles. The van der Waals surface area contributed by atoms with Crippen molar-refractivity contribution < 1.29 is 28.2 Å². The molecule has 0 aliphatic carbocycles. The molecule has 158 valence electrons. The summed E-state index contributed by atoms with van der Waals surface area (Å²) in [6.45, 7) is -0.569. The fourth-order valence-electron chi connectivity index (χ4n) is 3.18. The lowest BCUT2D eigenvalue weighted by Crippen LogP contribution is -2.33. The van der Waals surface area contributed by atoms with Crippen molar-refractivity contribution >= 4 is 38.5 Å². The minimum absolute atomic E-state index is 0.0986. The van der Waals surface area contributed by atoms with Gasteiger partial charge in [-0.3, -0.25) is 14.0 Å². The van der Waals surface area contributed by atoms with Gasteiger partial charge in [-0.2, -0.15) is 18.3 Å². The Labute approximate surface area is 172 Å². The van der Waals surface area contributed by atoms with E-state index in [0.29, 0.717) is 21.0 Å². The highest BCUT2D eigenvalue weighted by atomic mass is 32.1. The van der Waals surface area contributed by atoms with Gasteiger partial charge in [-0.15, -0.1) is 11.3 Å². The van der Waals surface area contributed by atoms with Crippen LogP contribution in [0.2, 0.25) is 0 Å². The van der Waals surface area contributed by atoms with E-state index in [4.69, 9.17) is 5.11 Å². The lowest BCUT2D eigenvalue weighted by molar-refractivity contribution is -0.137. The van der Waals surface area contributed by atoms with Gasteiger partial charge in [-0.05, 0) is 30.3 Å². The highest BCUT2D eigenvalue weighted by Crippen LogP contribution is 2.37. The van der Waals surface area contributed by atoms with Crippen LogP contribution in [0.4, 0.5) is 13.2 Å². The number of aliphatic hydroxyl groups excluding tert-OH is 2. The quantitative estimate of drug-likeness (QED) is 0.447. The Morgan fingerprint density at radius 3 is 2.60 bits per heavy atom. The lowest BCUT2D eigenvalue weighted by atomic mass is 10.2. The normalized spacial score (nSPS) is 13.3. The molecule has 0 fully saturated rings. The second kappa shape index (κ2) is 7.42. The van der Waals surface area contributed by atoms with Crippen molar-refractivity contribution in [2.45, 2.75) is 12.3 Å². The van der Waals surface area contributed by atoms with Crippen molar-refractivity contribution in [2.75, 3.05) is 13.2 Å². The third kappa shape index (κ3) is 3.55. The molecule has 1 aromatic carbocycles. The minimum Gasteiger partial charge on any atom is -0.394 e. The molecule has 1 atom stereocenters. The van der Waals surface area contributed by atoms with E-state index in [-0.39, 0.29) is 6.54 Å². The van der Waals surface area contributed by atoms with Gasteiger partial charge in [-0.25, -0.2) is 0 Å². The van der Waals surface area contributed by atoms with Crippen LogP contribution in [0.3, 0.4) is 0 Å². The van der Waals surface area contributed by atoms with Crippen LogP contribution in [0.5, 0.6) is 0 Å². The molecule has 0 radical (unpaired) electrons. The molecule has 30 heavy (non-hydrogen) atoms. The van der Waals surface area contributed by atoms with E-state index < -0.39 is 30.4 Å². The molecule has 3 heterocycles. The number of thiophene rings is 1. The van der Waals surface area contributed by atoms with Crippen molar-refractivity contribution in [1.82, 2.24) is 19.7 Å². The SMILES string of the molecule is Cn1cc2c3cc(C(=O)NCC(O)CO)sc3n(-c3ccc(C(F)(F)F)cc3)c2n1. The monoisotopic (exact) mass is 438 g/mol. The number of hydrogen-bond donors (Lipinski definition) is 3. The number of rotatable bonds is 5. The van der Waals surface area contributed by atoms with Gasteiger partial charge in [0.25, 0.3) is 5.91 Å². The molecule has 0 bridgehead atoms. The number of alkyl halides is 3. The van der Waals surface area contributed by atoms with Gasteiger partial charge in [-0.1, -0.05) is 0 Å². The maximum atomic E-state index is 12.9. The zero-order valence-corrected chi connectivity index (χ0v) is 16.5. The zero-order chi connectivity index (χ0) is 21.6. The van der Waals surface area contributed by atoms with E-state index in [9.17, 15) is 23.1 Å². The Morgan fingerprint density at radius 2 is 1.97 bits per heavy atom. The van der Waals surface area contributed by atoms with E-state index in [1.165, 1.54) is 23.5 Å². The number of carbonyl (C=O) groups excluding carboxylic acids is 1. The first kappa shape index (κ1) is 20.4. The summed E-state index contributed by atoms with van der Waals surface area (Å²) in [6.07, 6.45) is -3.71. The summed E-state index contributed by atoms with van der Waals surface area (Å²) in [4.78, 5) is 13.5. The predicted octanol–water partition coefficient (Wildman–Crippen LogP) is 2.68. The number of aryl methyl sites for hydroxylation is 1. The van der Waals surface area contributed by atoms with Crippen LogP contribution in [0.15, 0.2) is 36.5 Å². The molecule has 3 aromatic heterocycles. The van der Waals surface area contributed by atoms with Gasteiger partial charge < -0.3 is 15.5 Å². The van der Waals surface area contributed by atoms with Crippen LogP contribution in [0.25, 0.3) is 26.9 Å². The lowest BCUT2D eigenvalue weighted by Gasteiger charge is -2.09. The standard InChI is InChI=1S/C19H17F3N4O3S/c1-25-8-14-13-6-15(17(29)23-7-12(28)9-27)30-18(13)26(16(14)24-25)11-4-2-10(3-5-11)19(20,21)22/h2-6,8,12,27-28H,7,9H2,1H3,(H,23,29). The minimum atomic E-state index is -4.43. The van der Waals surface area contributed by atoms with Gasteiger partial charge >= 0.3 is 6.18 Å². The molecule has 1 amide bonds. The number of aromatic nitrogens is 3. The Morgan fingerprint density at radius 1 is 1.27 bits per heavy atom. The van der Waals surface area contributed by atoms with Gasteiger partial charge in [0, 0.05) is 36.2 Å². The molecule has 0 aliphatic heterocycles. The molecular formula is C19H17F3N4O3S. The summed E-state index contributed by atoms with van der Waals surface area (Å²) >= 11 is 1.17. The number of carbonyl (C=O) groups is 1. The predicted molar refractivity (Wildman–Crippen MR) is 106 cm³/mol. The summed E-state index contributed by atoms with van der Waals surface area (Å²) in [6, 6.07) is 6.44. The smallest absolute Gasteiger partial charge is 0.394 e. The van der Waals surface area contributed by atoms with Gasteiger partial charge in [0.05, 0.1) is 23.2 Å². The first-order valence-electron chi connectivity index (χ1n) is 8.91. The van der Waals surface area contributed by atoms with E-state index in [1.54, 1.807) is 28.6 Å². The second-order valence-electron chi connectivity index (χ2n) is 6.80. The number of hydrogen-bond acceptors (Lipinski definition) is 5. The molecule has 3 N–H and O–H groups in total. The average Bonchev–Trinajstić information content (AvgIpc) is 3.35. The Balaban J connectivity index is 1.79. The van der Waals surface area contributed by atoms with E-state index in [0.717, 1.165) is 22.9 Å². The Hall–Kier alpha value is -2.89. The number of halogens is 3. The number of nitrogens with one attached hydrogen (secondary N) is 1. The van der Waals surface area contributed by atoms with Gasteiger partial charge in [0.15, 0.2) is 5.65 Å². The average molecular weight is 438 g/mol. The van der Waals surface area contributed by atoms with E-state index >= 15 is 0 Å². The van der Waals surface area contributed by atoms with Crippen LogP contribution < -0.4 is 5.32 Å². The van der Waals surface area contributed by atoms with Gasteiger partial charge in [0.2, 0.25) is 0 Å². The molecule has 0 aliphatic rings. The number of aliphatic hydroxyl groups is 2. The highest BCUT2D eigenvalue weighted by molar-refractivity contribution is 7.20.